The van der Waals surface area contributed by atoms with Gasteiger partial charge in [-0.2, -0.15) is 0 Å². The van der Waals surface area contributed by atoms with Crippen molar-refractivity contribution < 1.29 is 4.79 Å². The molecule has 0 spiro atoms. The first-order valence-corrected chi connectivity index (χ1v) is 6.50. The zero-order chi connectivity index (χ0) is 14.7. The second-order valence-electron chi connectivity index (χ2n) is 5.00. The monoisotopic (exact) mass is 269 g/mol. The van der Waals surface area contributed by atoms with Gasteiger partial charge in [-0.05, 0) is 43.2 Å². The molecule has 4 heteroatoms. The molecule has 0 fully saturated rings. The summed E-state index contributed by atoms with van der Waals surface area (Å²) in [5, 5.41) is 2.92. The molecule has 104 valence electrons. The summed E-state index contributed by atoms with van der Waals surface area (Å²) >= 11 is 0. The summed E-state index contributed by atoms with van der Waals surface area (Å²) in [5.41, 5.74) is 3.63. The van der Waals surface area contributed by atoms with Gasteiger partial charge in [0.1, 0.15) is 5.82 Å². The largest absolute Gasteiger partial charge is 0.363 e. The van der Waals surface area contributed by atoms with Crippen LogP contribution < -0.4 is 10.2 Å². The molecule has 2 aromatic rings. The van der Waals surface area contributed by atoms with Crippen LogP contribution in [-0.2, 0) is 0 Å². The Morgan fingerprint density at radius 1 is 1.15 bits per heavy atom. The van der Waals surface area contributed by atoms with Gasteiger partial charge in [0.05, 0.1) is 5.56 Å². The molecule has 0 aliphatic carbocycles. The average molecular weight is 269 g/mol. The first-order chi connectivity index (χ1) is 9.49. The number of pyridine rings is 1. The Kier molecular flexibility index (Phi) is 4.03. The van der Waals surface area contributed by atoms with E-state index < -0.39 is 0 Å². The number of carbonyl (C=O) groups is 1. The van der Waals surface area contributed by atoms with Gasteiger partial charge in [-0.15, -0.1) is 0 Å². The predicted octanol–water partition coefficient (Wildman–Crippen LogP) is 3.02. The fraction of sp³-hybridized carbons (Fsp3) is 0.250. The Labute approximate surface area is 119 Å². The van der Waals surface area contributed by atoms with Crippen LogP contribution in [0.4, 0.5) is 11.5 Å². The Balaban J connectivity index is 2.18. The maximum Gasteiger partial charge on any atom is 0.257 e. The highest BCUT2D eigenvalue weighted by Gasteiger charge is 2.09. The van der Waals surface area contributed by atoms with Gasteiger partial charge < -0.3 is 10.2 Å². The van der Waals surface area contributed by atoms with Gasteiger partial charge >= 0.3 is 0 Å². The first kappa shape index (κ1) is 14.1. The van der Waals surface area contributed by atoms with Crippen LogP contribution in [0.1, 0.15) is 21.5 Å². The zero-order valence-electron chi connectivity index (χ0n) is 12.3. The van der Waals surface area contributed by atoms with E-state index in [1.165, 1.54) is 0 Å². The van der Waals surface area contributed by atoms with E-state index in [-0.39, 0.29) is 5.91 Å². The lowest BCUT2D eigenvalue weighted by atomic mass is 10.1. The molecule has 1 aromatic carbocycles. The van der Waals surface area contributed by atoms with Gasteiger partial charge in [-0.25, -0.2) is 4.98 Å². The van der Waals surface area contributed by atoms with Crippen LogP contribution in [0.3, 0.4) is 0 Å². The molecule has 1 aromatic heterocycles. The van der Waals surface area contributed by atoms with E-state index in [2.05, 4.69) is 10.3 Å². The molecule has 0 aliphatic rings. The summed E-state index contributed by atoms with van der Waals surface area (Å²) in [6, 6.07) is 9.48. The molecule has 0 unspecified atom stereocenters. The number of anilines is 2. The van der Waals surface area contributed by atoms with Crippen LogP contribution in [0.5, 0.6) is 0 Å². The number of nitrogens with zero attached hydrogens (tertiary/aromatic N) is 2. The number of aryl methyl sites for hydroxylation is 1. The number of benzene rings is 1. The van der Waals surface area contributed by atoms with E-state index in [0.29, 0.717) is 5.56 Å². The van der Waals surface area contributed by atoms with E-state index in [1.54, 1.807) is 12.3 Å². The third kappa shape index (κ3) is 2.96. The highest BCUT2D eigenvalue weighted by Crippen LogP contribution is 2.19. The molecule has 0 saturated carbocycles. The van der Waals surface area contributed by atoms with Crippen LogP contribution in [0, 0.1) is 13.8 Å². The topological polar surface area (TPSA) is 45.2 Å². The summed E-state index contributed by atoms with van der Waals surface area (Å²) in [6.07, 6.45) is 1.59. The zero-order valence-corrected chi connectivity index (χ0v) is 12.3. The van der Waals surface area contributed by atoms with Crippen LogP contribution in [0.2, 0.25) is 0 Å². The van der Waals surface area contributed by atoms with E-state index in [9.17, 15) is 4.79 Å². The number of rotatable bonds is 3. The van der Waals surface area contributed by atoms with Crippen LogP contribution in [0.25, 0.3) is 0 Å². The van der Waals surface area contributed by atoms with E-state index >= 15 is 0 Å². The van der Waals surface area contributed by atoms with Crippen molar-refractivity contribution in [3.8, 4) is 0 Å². The summed E-state index contributed by atoms with van der Waals surface area (Å²) in [7, 11) is 3.83. The summed E-state index contributed by atoms with van der Waals surface area (Å²) in [6.45, 7) is 4.02. The van der Waals surface area contributed by atoms with Crippen LogP contribution in [0.15, 0.2) is 36.5 Å². The van der Waals surface area contributed by atoms with Crippen molar-refractivity contribution in [2.45, 2.75) is 13.8 Å². The molecule has 4 nitrogen and oxygen atoms in total. The fourth-order valence-corrected chi connectivity index (χ4v) is 1.87. The quantitative estimate of drug-likeness (QED) is 0.931. The molecule has 1 heterocycles. The van der Waals surface area contributed by atoms with Crippen molar-refractivity contribution in [1.82, 2.24) is 4.98 Å². The lowest BCUT2D eigenvalue weighted by Gasteiger charge is -2.12. The second-order valence-corrected chi connectivity index (χ2v) is 5.00. The van der Waals surface area contributed by atoms with E-state index in [0.717, 1.165) is 22.6 Å². The van der Waals surface area contributed by atoms with Crippen LogP contribution >= 0.6 is 0 Å². The van der Waals surface area contributed by atoms with Gasteiger partial charge in [-0.3, -0.25) is 4.79 Å². The lowest BCUT2D eigenvalue weighted by molar-refractivity contribution is 0.102. The minimum absolute atomic E-state index is 0.142. The van der Waals surface area contributed by atoms with Gasteiger partial charge in [0.2, 0.25) is 0 Å². The summed E-state index contributed by atoms with van der Waals surface area (Å²) in [4.78, 5) is 18.3. The van der Waals surface area contributed by atoms with E-state index in [1.807, 2.05) is 57.1 Å². The molecule has 0 radical (unpaired) electrons. The number of nitrogens with one attached hydrogen (secondary N) is 1. The number of hydrogen-bond donors (Lipinski definition) is 1. The molecule has 0 aliphatic heterocycles. The lowest BCUT2D eigenvalue weighted by Crippen LogP contribution is -2.15. The van der Waals surface area contributed by atoms with Gasteiger partial charge in [0.15, 0.2) is 0 Å². The van der Waals surface area contributed by atoms with Crippen molar-refractivity contribution in [2.24, 2.45) is 0 Å². The van der Waals surface area contributed by atoms with Crippen molar-refractivity contribution >= 4 is 17.4 Å². The minimum Gasteiger partial charge on any atom is -0.363 e. The number of amides is 1. The number of hydrogen-bond acceptors (Lipinski definition) is 3. The highest BCUT2D eigenvalue weighted by atomic mass is 16.1. The van der Waals surface area contributed by atoms with Crippen molar-refractivity contribution in [2.75, 3.05) is 24.3 Å². The fourth-order valence-electron chi connectivity index (χ4n) is 1.87. The van der Waals surface area contributed by atoms with Gasteiger partial charge in [0.25, 0.3) is 5.91 Å². The molecular weight excluding hydrogens is 250 g/mol. The Morgan fingerprint density at radius 3 is 2.50 bits per heavy atom. The maximum atomic E-state index is 12.2. The average Bonchev–Trinajstić information content (AvgIpc) is 2.44. The molecule has 2 rings (SSSR count). The standard InChI is InChI=1S/C16H19N3O/c1-11-6-5-7-14(12(11)2)18-16(20)13-8-9-15(17-10-13)19(3)4/h5-10H,1-4H3,(H,18,20). The summed E-state index contributed by atoms with van der Waals surface area (Å²) in [5.74, 6) is 0.685. The Bertz CT molecular complexity index is 618. The maximum absolute atomic E-state index is 12.2. The smallest absolute Gasteiger partial charge is 0.257 e. The Hall–Kier alpha value is -2.36. The predicted molar refractivity (Wildman–Crippen MR) is 82.4 cm³/mol. The number of carbonyl (C=O) groups excluding carboxylic acids is 1. The SMILES string of the molecule is Cc1cccc(NC(=O)c2ccc(N(C)C)nc2)c1C. The van der Waals surface area contributed by atoms with Gasteiger partial charge in [0, 0.05) is 26.0 Å². The molecule has 1 amide bonds. The van der Waals surface area contributed by atoms with Crippen LogP contribution in [-0.4, -0.2) is 25.0 Å². The van der Waals surface area contributed by atoms with Crippen molar-refractivity contribution in [3.05, 3.63) is 53.2 Å². The number of aromatic nitrogens is 1. The first-order valence-electron chi connectivity index (χ1n) is 6.50. The molecule has 1 N–H and O–H groups in total. The molecule has 0 bridgehead atoms. The van der Waals surface area contributed by atoms with Crippen molar-refractivity contribution in [1.29, 1.82) is 0 Å². The highest BCUT2D eigenvalue weighted by molar-refractivity contribution is 6.04. The molecule has 0 saturated heterocycles. The Morgan fingerprint density at radius 2 is 1.90 bits per heavy atom. The second kappa shape index (κ2) is 5.74. The summed E-state index contributed by atoms with van der Waals surface area (Å²) < 4.78 is 0. The minimum atomic E-state index is -0.142. The van der Waals surface area contributed by atoms with Gasteiger partial charge in [-0.1, -0.05) is 12.1 Å². The molecule has 0 atom stereocenters. The normalized spacial score (nSPS) is 10.2. The van der Waals surface area contributed by atoms with Crippen molar-refractivity contribution in [3.63, 3.8) is 0 Å². The molecular formula is C16H19N3O. The third-order valence-corrected chi connectivity index (χ3v) is 3.32. The third-order valence-electron chi connectivity index (χ3n) is 3.32. The molecule has 20 heavy (non-hydrogen) atoms. The van der Waals surface area contributed by atoms with E-state index in [4.69, 9.17) is 0 Å².